The second-order valence-corrected chi connectivity index (χ2v) is 13.4. The molecule has 55 heavy (non-hydrogen) atoms. The summed E-state index contributed by atoms with van der Waals surface area (Å²) in [6.07, 6.45) is 3.56. The minimum Gasteiger partial charge on any atom is -0.466 e. The number of aromatic nitrogens is 4. The Labute approximate surface area is 329 Å². The molecule has 0 aliphatic rings. The molecule has 0 atom stereocenters. The Kier molecular flexibility index (Phi) is 14.4. The van der Waals surface area contributed by atoms with Gasteiger partial charge in [0.05, 0.1) is 26.1 Å². The topological polar surface area (TPSA) is 140 Å². The van der Waals surface area contributed by atoms with Crippen LogP contribution in [-0.2, 0) is 35.5 Å². The van der Waals surface area contributed by atoms with Crippen molar-refractivity contribution in [3.05, 3.63) is 174 Å². The average Bonchev–Trinajstić information content (AvgIpc) is 3.17. The van der Waals surface area contributed by atoms with E-state index >= 15 is 0 Å². The number of nitrogens with one attached hydrogen (secondary N) is 2. The summed E-state index contributed by atoms with van der Waals surface area (Å²) in [6.45, 7) is 6.72. The minimum atomic E-state index is -0.468. The van der Waals surface area contributed by atoms with Crippen LogP contribution in [0.25, 0.3) is 0 Å². The standard InChI is InChI=1S/C22H22ClN3O3.C20H20ClN3O2/c1-3-29-20(27)12-17-14-26(13-16-8-5-4-6-9-16)22(25-21(17)28)24-19-11-7-10-18(23)15(19)2;1-14-17(21)8-5-9-18(14)22-20-23-19(26)16(10-11-25)13-24(20)12-15-6-3-2-4-7-15/h4-11,14H,3,12-13H2,1-2H3,(H,24,25,28);2-9,13,25H,10-12H2,1H3,(H,22,23,26). The monoisotopic (exact) mass is 780 g/mol. The van der Waals surface area contributed by atoms with E-state index in [0.717, 1.165) is 33.6 Å². The number of carbonyl (C=O) groups is 1. The number of aliphatic hydroxyl groups excluding tert-OH is 1. The number of nitrogens with zero attached hydrogens (tertiary/aromatic N) is 4. The molecule has 6 aromatic rings. The van der Waals surface area contributed by atoms with Gasteiger partial charge in [-0.2, -0.15) is 9.97 Å². The fourth-order valence-corrected chi connectivity index (χ4v) is 5.93. The Morgan fingerprint density at radius 1 is 0.691 bits per heavy atom. The van der Waals surface area contributed by atoms with E-state index in [4.69, 9.17) is 27.9 Å². The highest BCUT2D eigenvalue weighted by molar-refractivity contribution is 6.32. The lowest BCUT2D eigenvalue weighted by Gasteiger charge is -2.17. The summed E-state index contributed by atoms with van der Waals surface area (Å²) in [5.41, 5.74) is 5.36. The van der Waals surface area contributed by atoms with E-state index in [1.165, 1.54) is 0 Å². The number of halogens is 2. The van der Waals surface area contributed by atoms with Gasteiger partial charge in [0.15, 0.2) is 0 Å². The smallest absolute Gasteiger partial charge is 0.310 e. The lowest BCUT2D eigenvalue weighted by atomic mass is 10.2. The number of anilines is 4. The Balaban J connectivity index is 0.000000212. The first-order valence-electron chi connectivity index (χ1n) is 17.7. The SMILES string of the molecule is CCOC(=O)Cc1cn(Cc2ccccc2)c(Nc2cccc(Cl)c2C)nc1=O.Cc1c(Cl)cccc1Nc1nc(=O)c(CCO)cn1Cc1ccccc1. The number of hydrogen-bond acceptors (Lipinski definition) is 9. The van der Waals surface area contributed by atoms with Crippen LogP contribution in [0.15, 0.2) is 119 Å². The second-order valence-electron chi connectivity index (χ2n) is 12.5. The number of aliphatic hydroxyl groups is 1. The van der Waals surface area contributed by atoms with Crippen molar-refractivity contribution in [3.63, 3.8) is 0 Å². The molecule has 6 rings (SSSR count). The van der Waals surface area contributed by atoms with E-state index in [1.807, 2.05) is 114 Å². The summed E-state index contributed by atoms with van der Waals surface area (Å²) in [5.74, 6) is 0.354. The summed E-state index contributed by atoms with van der Waals surface area (Å²) < 4.78 is 8.66. The third kappa shape index (κ3) is 11.1. The van der Waals surface area contributed by atoms with Crippen LogP contribution in [0.4, 0.5) is 23.3 Å². The zero-order valence-corrected chi connectivity index (χ0v) is 32.3. The number of hydrogen-bond donors (Lipinski definition) is 3. The fourth-order valence-electron chi connectivity index (χ4n) is 5.58. The lowest BCUT2D eigenvalue weighted by molar-refractivity contribution is -0.142. The van der Waals surface area contributed by atoms with Gasteiger partial charge in [0.2, 0.25) is 11.9 Å². The number of benzene rings is 4. The van der Waals surface area contributed by atoms with Crippen LogP contribution in [0.2, 0.25) is 10.0 Å². The molecule has 0 aliphatic heterocycles. The van der Waals surface area contributed by atoms with E-state index in [-0.39, 0.29) is 37.2 Å². The predicted octanol–water partition coefficient (Wildman–Crippen LogP) is 7.63. The van der Waals surface area contributed by atoms with E-state index < -0.39 is 11.5 Å². The van der Waals surface area contributed by atoms with Crippen LogP contribution in [-0.4, -0.2) is 43.4 Å². The molecule has 0 saturated carbocycles. The Morgan fingerprint density at radius 2 is 1.15 bits per heavy atom. The van der Waals surface area contributed by atoms with Gasteiger partial charge in [-0.05, 0) is 67.3 Å². The number of carbonyl (C=O) groups excluding carboxylic acids is 1. The molecule has 0 radical (unpaired) electrons. The van der Waals surface area contributed by atoms with Crippen LogP contribution >= 0.6 is 23.2 Å². The van der Waals surface area contributed by atoms with Crippen molar-refractivity contribution < 1.29 is 14.6 Å². The molecule has 13 heteroatoms. The van der Waals surface area contributed by atoms with Gasteiger partial charge in [-0.1, -0.05) is 96.0 Å². The molecule has 4 aromatic carbocycles. The molecular formula is C42H42Cl2N6O5. The average molecular weight is 782 g/mol. The molecule has 0 amide bonds. The van der Waals surface area contributed by atoms with Gasteiger partial charge in [-0.25, -0.2) is 0 Å². The highest BCUT2D eigenvalue weighted by Gasteiger charge is 2.15. The quantitative estimate of drug-likeness (QED) is 0.101. The van der Waals surface area contributed by atoms with Crippen LogP contribution < -0.4 is 21.8 Å². The molecule has 0 bridgehead atoms. The van der Waals surface area contributed by atoms with Gasteiger partial charge in [0.1, 0.15) is 0 Å². The molecule has 2 heterocycles. The summed E-state index contributed by atoms with van der Waals surface area (Å²) in [6, 6.07) is 30.8. The first-order valence-corrected chi connectivity index (χ1v) is 18.4. The Morgan fingerprint density at radius 3 is 1.60 bits per heavy atom. The number of rotatable bonds is 13. The van der Waals surface area contributed by atoms with Gasteiger partial charge < -0.3 is 29.6 Å². The van der Waals surface area contributed by atoms with E-state index in [0.29, 0.717) is 40.6 Å². The molecule has 0 spiro atoms. The molecule has 284 valence electrons. The summed E-state index contributed by atoms with van der Waals surface area (Å²) in [5, 5.41) is 16.9. The maximum Gasteiger partial charge on any atom is 0.310 e. The molecule has 2 aromatic heterocycles. The predicted molar refractivity (Wildman–Crippen MR) is 218 cm³/mol. The number of ether oxygens (including phenoxy) is 1. The largest absolute Gasteiger partial charge is 0.466 e. The van der Waals surface area contributed by atoms with Crippen molar-refractivity contribution in [2.75, 3.05) is 23.8 Å². The minimum absolute atomic E-state index is 0.0948. The first-order chi connectivity index (χ1) is 26.6. The molecule has 0 aliphatic carbocycles. The van der Waals surface area contributed by atoms with Gasteiger partial charge in [0, 0.05) is 58.0 Å². The molecule has 0 unspecified atom stereocenters. The van der Waals surface area contributed by atoms with Crippen LogP contribution in [0.5, 0.6) is 0 Å². The van der Waals surface area contributed by atoms with Crippen LogP contribution in [0, 0.1) is 13.8 Å². The van der Waals surface area contributed by atoms with E-state index in [9.17, 15) is 19.5 Å². The fraction of sp³-hybridized carbons (Fsp3) is 0.214. The van der Waals surface area contributed by atoms with E-state index in [1.54, 1.807) is 25.4 Å². The van der Waals surface area contributed by atoms with Crippen molar-refractivity contribution in [1.29, 1.82) is 0 Å². The molecule has 0 saturated heterocycles. The van der Waals surface area contributed by atoms with Crippen molar-refractivity contribution in [2.24, 2.45) is 0 Å². The van der Waals surface area contributed by atoms with Crippen LogP contribution in [0.3, 0.4) is 0 Å². The van der Waals surface area contributed by atoms with Gasteiger partial charge in [-0.15, -0.1) is 0 Å². The lowest BCUT2D eigenvalue weighted by Crippen LogP contribution is -2.23. The maximum atomic E-state index is 12.5. The molecule has 3 N–H and O–H groups in total. The first kappa shape index (κ1) is 40.4. The molecule has 0 fully saturated rings. The number of esters is 1. The highest BCUT2D eigenvalue weighted by Crippen LogP contribution is 2.27. The third-order valence-corrected chi connectivity index (χ3v) is 9.39. The van der Waals surface area contributed by atoms with E-state index in [2.05, 4.69) is 20.6 Å². The van der Waals surface area contributed by atoms with Crippen molar-refractivity contribution in [3.8, 4) is 0 Å². The van der Waals surface area contributed by atoms with Crippen LogP contribution in [0.1, 0.15) is 40.3 Å². The summed E-state index contributed by atoms with van der Waals surface area (Å²) >= 11 is 12.4. The highest BCUT2D eigenvalue weighted by atomic mass is 35.5. The van der Waals surface area contributed by atoms with Crippen molar-refractivity contribution in [2.45, 2.75) is 46.7 Å². The van der Waals surface area contributed by atoms with Crippen molar-refractivity contribution in [1.82, 2.24) is 19.1 Å². The normalized spacial score (nSPS) is 10.7. The zero-order chi connectivity index (χ0) is 39.3. The van der Waals surface area contributed by atoms with Gasteiger partial charge >= 0.3 is 5.97 Å². The zero-order valence-electron chi connectivity index (χ0n) is 30.8. The maximum absolute atomic E-state index is 12.5. The van der Waals surface area contributed by atoms with Gasteiger partial charge in [-0.3, -0.25) is 14.4 Å². The Bertz CT molecular complexity index is 2350. The Hall–Kier alpha value is -5.75. The van der Waals surface area contributed by atoms with Gasteiger partial charge in [0.25, 0.3) is 11.1 Å². The summed E-state index contributed by atoms with van der Waals surface area (Å²) in [4.78, 5) is 45.1. The molecule has 11 nitrogen and oxygen atoms in total. The third-order valence-electron chi connectivity index (χ3n) is 8.57. The van der Waals surface area contributed by atoms with Crippen molar-refractivity contribution >= 4 is 52.4 Å². The summed E-state index contributed by atoms with van der Waals surface area (Å²) in [7, 11) is 0. The molecular weight excluding hydrogens is 739 g/mol. The second kappa shape index (κ2) is 19.5.